The minimum absolute atomic E-state index is 0.158. The highest BCUT2D eigenvalue weighted by Gasteiger charge is 2.23. The molecule has 7 nitrogen and oxygen atoms in total. The molecule has 0 fully saturated rings. The van der Waals surface area contributed by atoms with Crippen molar-refractivity contribution in [3.63, 3.8) is 0 Å². The third-order valence-corrected chi connectivity index (χ3v) is 4.36. The Morgan fingerprint density at radius 2 is 1.93 bits per heavy atom. The standard InChI is InChI=1S/C21H18N4O3/c26-20(23-16-8-9-17-15(12-16)13-22-25-17)18(11-14-5-2-1-3-6-14)24-21(27)19-7-4-10-28-19/h1-10,12-13,18H,11H2,(H,22,25)(H,23,26)(H,24,27)/t18-/m0/s1. The second kappa shape index (κ2) is 7.79. The van der Waals surface area contributed by atoms with Crippen LogP contribution in [0.1, 0.15) is 16.1 Å². The van der Waals surface area contributed by atoms with Crippen molar-refractivity contribution in [2.75, 3.05) is 5.32 Å². The number of hydrogen-bond acceptors (Lipinski definition) is 4. The topological polar surface area (TPSA) is 100 Å². The summed E-state index contributed by atoms with van der Waals surface area (Å²) < 4.78 is 5.13. The molecule has 0 spiro atoms. The van der Waals surface area contributed by atoms with E-state index < -0.39 is 11.9 Å². The summed E-state index contributed by atoms with van der Waals surface area (Å²) in [7, 11) is 0. The van der Waals surface area contributed by atoms with Crippen LogP contribution in [0.5, 0.6) is 0 Å². The van der Waals surface area contributed by atoms with Crippen molar-refractivity contribution in [2.45, 2.75) is 12.5 Å². The minimum atomic E-state index is -0.764. The molecule has 2 heterocycles. The number of hydrogen-bond donors (Lipinski definition) is 3. The number of nitrogens with zero attached hydrogens (tertiary/aromatic N) is 1. The number of rotatable bonds is 6. The lowest BCUT2D eigenvalue weighted by Gasteiger charge is -2.18. The van der Waals surface area contributed by atoms with Crippen LogP contribution in [0.4, 0.5) is 5.69 Å². The molecule has 0 saturated heterocycles. The summed E-state index contributed by atoms with van der Waals surface area (Å²) >= 11 is 0. The maximum absolute atomic E-state index is 12.9. The highest BCUT2D eigenvalue weighted by atomic mass is 16.3. The Kier molecular flexibility index (Phi) is 4.88. The molecule has 1 atom stereocenters. The second-order valence-electron chi connectivity index (χ2n) is 6.35. The van der Waals surface area contributed by atoms with Gasteiger partial charge in [0.2, 0.25) is 5.91 Å². The van der Waals surface area contributed by atoms with Gasteiger partial charge in [-0.1, -0.05) is 30.3 Å². The van der Waals surface area contributed by atoms with Gasteiger partial charge in [-0.15, -0.1) is 0 Å². The van der Waals surface area contributed by atoms with Gasteiger partial charge in [0.05, 0.1) is 18.0 Å². The van der Waals surface area contributed by atoms with Gasteiger partial charge in [0.15, 0.2) is 5.76 Å². The number of carbonyl (C=O) groups excluding carboxylic acids is 2. The molecular weight excluding hydrogens is 356 g/mol. The molecule has 0 bridgehead atoms. The number of anilines is 1. The second-order valence-corrected chi connectivity index (χ2v) is 6.35. The van der Waals surface area contributed by atoms with Gasteiger partial charge in [-0.2, -0.15) is 5.10 Å². The summed E-state index contributed by atoms with van der Waals surface area (Å²) in [6.45, 7) is 0. The van der Waals surface area contributed by atoms with Gasteiger partial charge in [-0.25, -0.2) is 0 Å². The smallest absolute Gasteiger partial charge is 0.287 e. The molecule has 0 radical (unpaired) electrons. The van der Waals surface area contributed by atoms with Crippen molar-refractivity contribution in [1.29, 1.82) is 0 Å². The fraction of sp³-hybridized carbons (Fsp3) is 0.0952. The molecule has 2 aromatic heterocycles. The molecule has 28 heavy (non-hydrogen) atoms. The average molecular weight is 374 g/mol. The van der Waals surface area contributed by atoms with Gasteiger partial charge in [-0.05, 0) is 35.9 Å². The molecule has 4 aromatic rings. The van der Waals surface area contributed by atoms with Gasteiger partial charge >= 0.3 is 0 Å². The predicted octanol–water partition coefficient (Wildman–Crippen LogP) is 3.14. The SMILES string of the molecule is O=C(N[C@@H](Cc1ccccc1)C(=O)Nc1ccc2[nH]ncc2c1)c1ccco1. The van der Waals surface area contributed by atoms with Crippen molar-refractivity contribution in [1.82, 2.24) is 15.5 Å². The van der Waals surface area contributed by atoms with Gasteiger partial charge in [0, 0.05) is 17.5 Å². The molecule has 140 valence electrons. The van der Waals surface area contributed by atoms with E-state index in [0.717, 1.165) is 16.5 Å². The molecule has 4 rings (SSSR count). The summed E-state index contributed by atoms with van der Waals surface area (Å²) in [5.74, 6) is -0.594. The van der Waals surface area contributed by atoms with Gasteiger partial charge < -0.3 is 15.1 Å². The Bertz CT molecular complexity index is 1090. The summed E-state index contributed by atoms with van der Waals surface area (Å²) in [4.78, 5) is 25.3. The molecule has 3 N–H and O–H groups in total. The first-order valence-corrected chi connectivity index (χ1v) is 8.81. The molecule has 7 heteroatoms. The van der Waals surface area contributed by atoms with Crippen LogP contribution in [0.3, 0.4) is 0 Å². The van der Waals surface area contributed by atoms with Gasteiger partial charge in [0.1, 0.15) is 6.04 Å². The number of fused-ring (bicyclic) bond motifs is 1. The van der Waals surface area contributed by atoms with Crippen LogP contribution in [0.25, 0.3) is 10.9 Å². The lowest BCUT2D eigenvalue weighted by atomic mass is 10.0. The number of aromatic nitrogens is 2. The van der Waals surface area contributed by atoms with E-state index in [9.17, 15) is 9.59 Å². The summed E-state index contributed by atoms with van der Waals surface area (Å²) in [6.07, 6.45) is 3.46. The number of carbonyl (C=O) groups is 2. The van der Waals surface area contributed by atoms with E-state index in [1.807, 2.05) is 42.5 Å². The Labute approximate surface area is 160 Å². The van der Waals surface area contributed by atoms with Crippen LogP contribution in [0.15, 0.2) is 77.5 Å². The lowest BCUT2D eigenvalue weighted by molar-refractivity contribution is -0.118. The fourth-order valence-electron chi connectivity index (χ4n) is 2.95. The van der Waals surface area contributed by atoms with E-state index >= 15 is 0 Å². The number of furan rings is 1. The highest BCUT2D eigenvalue weighted by Crippen LogP contribution is 2.17. The molecule has 0 aliphatic rings. The van der Waals surface area contributed by atoms with Crippen LogP contribution < -0.4 is 10.6 Å². The van der Waals surface area contributed by atoms with Crippen LogP contribution >= 0.6 is 0 Å². The first-order valence-electron chi connectivity index (χ1n) is 8.81. The van der Waals surface area contributed by atoms with Gasteiger partial charge in [0.25, 0.3) is 5.91 Å². The van der Waals surface area contributed by atoms with Crippen LogP contribution in [0, 0.1) is 0 Å². The molecular formula is C21H18N4O3. The summed E-state index contributed by atoms with van der Waals surface area (Å²) in [6, 6.07) is 17.4. The molecule has 0 saturated carbocycles. The van der Waals surface area contributed by atoms with Crippen molar-refractivity contribution in [2.24, 2.45) is 0 Å². The number of H-pyrrole nitrogens is 1. The van der Waals surface area contributed by atoms with E-state index in [0.29, 0.717) is 12.1 Å². The van der Waals surface area contributed by atoms with E-state index in [1.165, 1.54) is 6.26 Å². The maximum atomic E-state index is 12.9. The third-order valence-electron chi connectivity index (χ3n) is 4.36. The number of benzene rings is 2. The first-order chi connectivity index (χ1) is 13.7. The normalized spacial score (nSPS) is 11.9. The molecule has 2 aromatic carbocycles. The lowest BCUT2D eigenvalue weighted by Crippen LogP contribution is -2.45. The summed E-state index contributed by atoms with van der Waals surface area (Å²) in [5.41, 5.74) is 2.45. The predicted molar refractivity (Wildman–Crippen MR) is 105 cm³/mol. The van der Waals surface area contributed by atoms with Crippen molar-refractivity contribution >= 4 is 28.4 Å². The largest absolute Gasteiger partial charge is 0.459 e. The number of nitrogens with one attached hydrogen (secondary N) is 3. The van der Waals surface area contributed by atoms with Gasteiger partial charge in [-0.3, -0.25) is 14.7 Å². The molecule has 0 aliphatic heterocycles. The fourth-order valence-corrected chi connectivity index (χ4v) is 2.95. The zero-order valence-corrected chi connectivity index (χ0v) is 14.9. The van der Waals surface area contributed by atoms with Crippen LogP contribution in [-0.4, -0.2) is 28.1 Å². The summed E-state index contributed by atoms with van der Waals surface area (Å²) in [5, 5.41) is 13.4. The van der Waals surface area contributed by atoms with Crippen molar-refractivity contribution in [3.05, 3.63) is 84.4 Å². The van der Waals surface area contributed by atoms with E-state index in [2.05, 4.69) is 20.8 Å². The van der Waals surface area contributed by atoms with E-state index in [4.69, 9.17) is 4.42 Å². The Balaban J connectivity index is 1.53. The monoisotopic (exact) mass is 374 g/mol. The quantitative estimate of drug-likeness (QED) is 0.483. The number of aromatic amines is 1. The average Bonchev–Trinajstić information content (AvgIpc) is 3.40. The third kappa shape index (κ3) is 3.93. The molecule has 0 unspecified atom stereocenters. The maximum Gasteiger partial charge on any atom is 0.287 e. The Hall–Kier alpha value is -3.87. The Morgan fingerprint density at radius 1 is 1.07 bits per heavy atom. The minimum Gasteiger partial charge on any atom is -0.459 e. The van der Waals surface area contributed by atoms with Crippen LogP contribution in [-0.2, 0) is 11.2 Å². The van der Waals surface area contributed by atoms with Crippen LogP contribution in [0.2, 0.25) is 0 Å². The zero-order valence-electron chi connectivity index (χ0n) is 14.9. The molecule has 0 aliphatic carbocycles. The van der Waals surface area contributed by atoms with E-state index in [-0.39, 0.29) is 11.7 Å². The van der Waals surface area contributed by atoms with E-state index in [1.54, 1.807) is 24.4 Å². The molecule has 2 amide bonds. The van der Waals surface area contributed by atoms with Crippen molar-refractivity contribution < 1.29 is 14.0 Å². The zero-order chi connectivity index (χ0) is 19.3. The Morgan fingerprint density at radius 3 is 2.71 bits per heavy atom. The number of amides is 2. The van der Waals surface area contributed by atoms with Crippen molar-refractivity contribution in [3.8, 4) is 0 Å². The highest BCUT2D eigenvalue weighted by molar-refractivity contribution is 6.01. The first kappa shape index (κ1) is 17.5.